The number of anilines is 1. The van der Waals surface area contributed by atoms with Crippen LogP contribution in [0.5, 0.6) is 0 Å². The number of aryl methyl sites for hydroxylation is 1. The number of alkyl halides is 3. The Bertz CT molecular complexity index is 1080. The molecule has 1 heterocycles. The summed E-state index contributed by atoms with van der Waals surface area (Å²) >= 11 is 0. The van der Waals surface area contributed by atoms with Crippen molar-refractivity contribution in [2.45, 2.75) is 37.3 Å². The number of hydrogen-bond donors (Lipinski definition) is 1. The van der Waals surface area contributed by atoms with Crippen molar-refractivity contribution < 1.29 is 21.6 Å². The van der Waals surface area contributed by atoms with Crippen molar-refractivity contribution in [2.75, 3.05) is 4.72 Å². The van der Waals surface area contributed by atoms with Gasteiger partial charge < -0.3 is 0 Å². The Hall–Kier alpha value is -2.88. The molecular formula is C19H19F3N4O2S. The number of nitrogens with zero attached hydrogens (tertiary/aromatic N) is 3. The Morgan fingerprint density at radius 1 is 1.07 bits per heavy atom. The normalized spacial score (nSPS) is 12.1. The number of halogens is 3. The Morgan fingerprint density at radius 2 is 1.76 bits per heavy atom. The maximum Gasteiger partial charge on any atom is 0.418 e. The lowest BCUT2D eigenvalue weighted by Gasteiger charge is -2.14. The minimum atomic E-state index is -4.68. The van der Waals surface area contributed by atoms with Gasteiger partial charge in [0.2, 0.25) is 0 Å². The highest BCUT2D eigenvalue weighted by Gasteiger charge is 2.34. The SMILES string of the molecule is CCCCc1cn(-c2ccc(S(=O)(=O)Nc3ccccc3C(F)(F)F)cc2)nn1. The van der Waals surface area contributed by atoms with Crippen LogP contribution in [0.4, 0.5) is 18.9 Å². The standard InChI is InChI=1S/C19H19F3N4O2S/c1-2-3-6-14-13-26(25-23-14)15-9-11-16(12-10-15)29(27,28)24-18-8-5-4-7-17(18)19(20,21)22/h4-5,7-13,24H,2-3,6H2,1H3. The van der Waals surface area contributed by atoms with Crippen molar-refractivity contribution in [3.05, 3.63) is 66.0 Å². The number of nitrogens with one attached hydrogen (secondary N) is 1. The minimum absolute atomic E-state index is 0.162. The van der Waals surface area contributed by atoms with Crippen molar-refractivity contribution in [3.8, 4) is 5.69 Å². The molecule has 3 rings (SSSR count). The molecule has 0 aliphatic heterocycles. The first-order valence-corrected chi connectivity index (χ1v) is 10.4. The number of sulfonamides is 1. The zero-order chi connectivity index (χ0) is 21.1. The molecule has 0 aliphatic rings. The first-order chi connectivity index (χ1) is 13.7. The fourth-order valence-electron chi connectivity index (χ4n) is 2.70. The van der Waals surface area contributed by atoms with Crippen molar-refractivity contribution >= 4 is 15.7 Å². The van der Waals surface area contributed by atoms with Gasteiger partial charge in [-0.05, 0) is 49.2 Å². The number of unbranched alkanes of at least 4 members (excludes halogenated alkanes) is 1. The van der Waals surface area contributed by atoms with E-state index in [-0.39, 0.29) is 4.90 Å². The number of rotatable bonds is 7. The molecular weight excluding hydrogens is 405 g/mol. The van der Waals surface area contributed by atoms with Gasteiger partial charge in [0.1, 0.15) is 0 Å². The highest BCUT2D eigenvalue weighted by atomic mass is 32.2. The third-order valence-electron chi connectivity index (χ3n) is 4.22. The zero-order valence-corrected chi connectivity index (χ0v) is 16.3. The second kappa shape index (κ2) is 8.24. The topological polar surface area (TPSA) is 76.9 Å². The quantitative estimate of drug-likeness (QED) is 0.609. The monoisotopic (exact) mass is 424 g/mol. The molecule has 1 aromatic heterocycles. The molecule has 0 atom stereocenters. The van der Waals surface area contributed by atoms with Crippen molar-refractivity contribution in [1.82, 2.24) is 15.0 Å². The maximum absolute atomic E-state index is 13.1. The van der Waals surface area contributed by atoms with Gasteiger partial charge in [-0.25, -0.2) is 13.1 Å². The molecule has 0 radical (unpaired) electrons. The second-order valence-electron chi connectivity index (χ2n) is 6.40. The van der Waals surface area contributed by atoms with Crippen molar-refractivity contribution in [1.29, 1.82) is 0 Å². The summed E-state index contributed by atoms with van der Waals surface area (Å²) in [6.45, 7) is 2.07. The van der Waals surface area contributed by atoms with E-state index in [0.717, 1.165) is 37.1 Å². The smallest absolute Gasteiger partial charge is 0.279 e. The summed E-state index contributed by atoms with van der Waals surface area (Å²) < 4.78 is 67.9. The molecule has 0 spiro atoms. The van der Waals surface area contributed by atoms with Gasteiger partial charge in [0.25, 0.3) is 10.0 Å². The van der Waals surface area contributed by atoms with E-state index in [1.165, 1.54) is 41.1 Å². The van der Waals surface area contributed by atoms with Gasteiger partial charge in [-0.15, -0.1) is 5.10 Å². The van der Waals surface area contributed by atoms with Crippen LogP contribution >= 0.6 is 0 Å². The van der Waals surface area contributed by atoms with Crippen LogP contribution in [0.3, 0.4) is 0 Å². The van der Waals surface area contributed by atoms with Crippen LogP contribution < -0.4 is 4.72 Å². The molecule has 0 bridgehead atoms. The summed E-state index contributed by atoms with van der Waals surface area (Å²) in [5, 5.41) is 8.08. The Morgan fingerprint density at radius 3 is 2.41 bits per heavy atom. The van der Waals surface area contributed by atoms with Crippen LogP contribution in [0.2, 0.25) is 0 Å². The van der Waals surface area contributed by atoms with Crippen LogP contribution in [-0.2, 0) is 22.6 Å². The van der Waals surface area contributed by atoms with E-state index in [2.05, 4.69) is 17.2 Å². The zero-order valence-electron chi connectivity index (χ0n) is 15.5. The number of para-hydroxylation sites is 1. The van der Waals surface area contributed by atoms with Crippen LogP contribution in [0.25, 0.3) is 5.69 Å². The largest absolute Gasteiger partial charge is 0.418 e. The molecule has 6 nitrogen and oxygen atoms in total. The number of hydrogen-bond acceptors (Lipinski definition) is 4. The molecule has 29 heavy (non-hydrogen) atoms. The van der Waals surface area contributed by atoms with Gasteiger partial charge in [0.15, 0.2) is 0 Å². The van der Waals surface area contributed by atoms with E-state index in [1.807, 2.05) is 4.72 Å². The summed E-state index contributed by atoms with van der Waals surface area (Å²) in [5.41, 5.74) is -0.160. The molecule has 0 saturated heterocycles. The average molecular weight is 424 g/mol. The summed E-state index contributed by atoms with van der Waals surface area (Å²) in [5.74, 6) is 0. The Balaban J connectivity index is 1.82. The molecule has 154 valence electrons. The minimum Gasteiger partial charge on any atom is -0.279 e. The first kappa shape index (κ1) is 20.8. The highest BCUT2D eigenvalue weighted by molar-refractivity contribution is 7.92. The fraction of sp³-hybridized carbons (Fsp3) is 0.263. The van der Waals surface area contributed by atoms with E-state index in [0.29, 0.717) is 5.69 Å². The molecule has 0 amide bonds. The highest BCUT2D eigenvalue weighted by Crippen LogP contribution is 2.35. The summed E-state index contributed by atoms with van der Waals surface area (Å²) in [7, 11) is -4.20. The molecule has 0 aliphatic carbocycles. The van der Waals surface area contributed by atoms with Gasteiger partial charge in [-0.3, -0.25) is 4.72 Å². The maximum atomic E-state index is 13.1. The van der Waals surface area contributed by atoms with E-state index in [9.17, 15) is 21.6 Å². The molecule has 10 heteroatoms. The van der Waals surface area contributed by atoms with Gasteiger partial charge >= 0.3 is 6.18 Å². The molecule has 3 aromatic rings. The lowest BCUT2D eigenvalue weighted by molar-refractivity contribution is -0.136. The molecule has 1 N–H and O–H groups in total. The lowest BCUT2D eigenvalue weighted by atomic mass is 10.2. The summed E-state index contributed by atoms with van der Waals surface area (Å²) in [6, 6.07) is 10.1. The number of benzene rings is 2. The van der Waals surface area contributed by atoms with E-state index in [1.54, 1.807) is 6.20 Å². The average Bonchev–Trinajstić information content (AvgIpc) is 3.15. The van der Waals surface area contributed by atoms with E-state index < -0.39 is 27.5 Å². The third-order valence-corrected chi connectivity index (χ3v) is 5.60. The van der Waals surface area contributed by atoms with E-state index >= 15 is 0 Å². The predicted molar refractivity (Wildman–Crippen MR) is 102 cm³/mol. The summed E-state index contributed by atoms with van der Waals surface area (Å²) in [6.07, 6.45) is -0.0983. The Labute approximate surface area is 166 Å². The molecule has 2 aromatic carbocycles. The number of aromatic nitrogens is 3. The lowest BCUT2D eigenvalue weighted by Crippen LogP contribution is -2.17. The molecule has 0 unspecified atom stereocenters. The third kappa shape index (κ3) is 4.94. The van der Waals surface area contributed by atoms with Gasteiger partial charge in [0, 0.05) is 0 Å². The van der Waals surface area contributed by atoms with Gasteiger partial charge in [0.05, 0.1) is 33.7 Å². The Kier molecular flexibility index (Phi) is 5.92. The van der Waals surface area contributed by atoms with Crippen LogP contribution in [-0.4, -0.2) is 23.4 Å². The van der Waals surface area contributed by atoms with Crippen LogP contribution in [0.1, 0.15) is 31.0 Å². The summed E-state index contributed by atoms with van der Waals surface area (Å²) in [4.78, 5) is -0.162. The van der Waals surface area contributed by atoms with Gasteiger partial charge in [-0.2, -0.15) is 13.2 Å². The molecule has 0 fully saturated rings. The van der Waals surface area contributed by atoms with Gasteiger partial charge in [-0.1, -0.05) is 30.7 Å². The first-order valence-electron chi connectivity index (χ1n) is 8.91. The fourth-order valence-corrected chi connectivity index (χ4v) is 3.78. The predicted octanol–water partition coefficient (Wildman–Crippen LogP) is 4.43. The van der Waals surface area contributed by atoms with Crippen molar-refractivity contribution in [2.24, 2.45) is 0 Å². The van der Waals surface area contributed by atoms with E-state index in [4.69, 9.17) is 0 Å². The van der Waals surface area contributed by atoms with Crippen molar-refractivity contribution in [3.63, 3.8) is 0 Å². The molecule has 0 saturated carbocycles. The van der Waals surface area contributed by atoms with Crippen LogP contribution in [0.15, 0.2) is 59.6 Å². The van der Waals surface area contributed by atoms with Crippen LogP contribution in [0, 0.1) is 0 Å². The second-order valence-corrected chi connectivity index (χ2v) is 8.08.